The van der Waals surface area contributed by atoms with Gasteiger partial charge in [-0.1, -0.05) is 18.6 Å². The number of benzene rings is 1. The highest BCUT2D eigenvalue weighted by Crippen LogP contribution is 2.43. The van der Waals surface area contributed by atoms with Crippen LogP contribution in [0.1, 0.15) is 37.7 Å². The van der Waals surface area contributed by atoms with Crippen LogP contribution in [-0.4, -0.2) is 43.2 Å². The number of aliphatic hydroxyl groups is 1. The first-order chi connectivity index (χ1) is 9.49. The van der Waals surface area contributed by atoms with E-state index in [0.29, 0.717) is 12.1 Å². The van der Waals surface area contributed by atoms with Gasteiger partial charge in [0.05, 0.1) is 5.60 Å². The maximum absolute atomic E-state index is 11.2. The fraction of sp³-hybridized carbons (Fsp3) is 0.647. The molecule has 0 amide bonds. The van der Waals surface area contributed by atoms with Crippen LogP contribution in [0.2, 0.25) is 0 Å². The van der Waals surface area contributed by atoms with E-state index in [4.69, 9.17) is 0 Å². The molecule has 2 aliphatic rings. The first kappa shape index (κ1) is 13.9. The third kappa shape index (κ3) is 2.33. The van der Waals surface area contributed by atoms with E-state index in [-0.39, 0.29) is 0 Å². The summed E-state index contributed by atoms with van der Waals surface area (Å²) in [4.78, 5) is 4.59. The van der Waals surface area contributed by atoms with Crippen LogP contribution in [0.4, 0.5) is 5.69 Å². The smallest absolute Gasteiger partial charge is 0.0926 e. The molecule has 20 heavy (non-hydrogen) atoms. The first-order valence-corrected chi connectivity index (χ1v) is 7.72. The quantitative estimate of drug-likeness (QED) is 0.898. The molecule has 2 bridgehead atoms. The molecule has 1 aromatic carbocycles. The molecule has 0 spiro atoms. The van der Waals surface area contributed by atoms with Gasteiger partial charge in [0, 0.05) is 31.9 Å². The minimum Gasteiger partial charge on any atom is -0.385 e. The van der Waals surface area contributed by atoms with Gasteiger partial charge in [0.2, 0.25) is 0 Å². The maximum atomic E-state index is 11.2. The predicted octanol–water partition coefficient (Wildman–Crippen LogP) is 2.59. The van der Waals surface area contributed by atoms with Gasteiger partial charge in [0.25, 0.3) is 0 Å². The Kier molecular flexibility index (Phi) is 3.51. The number of nitrogens with zero attached hydrogens (tertiary/aromatic N) is 2. The summed E-state index contributed by atoms with van der Waals surface area (Å²) in [5, 5.41) is 11.2. The van der Waals surface area contributed by atoms with Crippen molar-refractivity contribution in [3.63, 3.8) is 0 Å². The van der Waals surface area contributed by atoms with Crippen molar-refractivity contribution >= 4 is 5.69 Å². The van der Waals surface area contributed by atoms with Crippen molar-refractivity contribution in [1.29, 1.82) is 0 Å². The van der Waals surface area contributed by atoms with Gasteiger partial charge >= 0.3 is 0 Å². The highest BCUT2D eigenvalue weighted by molar-refractivity contribution is 5.47. The Morgan fingerprint density at radius 1 is 1.10 bits per heavy atom. The third-order valence-corrected chi connectivity index (χ3v) is 5.29. The SMILES string of the molecule is CN(C)c1ccc(C2(O)CC3CCCC(C2)N3C)cc1. The van der Waals surface area contributed by atoms with Crippen LogP contribution in [0.3, 0.4) is 0 Å². The molecule has 2 saturated heterocycles. The molecule has 3 heteroatoms. The van der Waals surface area contributed by atoms with Gasteiger partial charge in [-0.3, -0.25) is 0 Å². The number of piperidine rings is 2. The molecule has 2 atom stereocenters. The normalized spacial score (nSPS) is 34.0. The molecular formula is C17H26N2O. The molecule has 0 aliphatic carbocycles. The molecule has 2 aliphatic heterocycles. The van der Waals surface area contributed by atoms with E-state index in [2.05, 4.69) is 41.1 Å². The zero-order chi connectivity index (χ0) is 14.3. The van der Waals surface area contributed by atoms with Crippen LogP contribution < -0.4 is 4.90 Å². The van der Waals surface area contributed by atoms with Crippen LogP contribution in [0.25, 0.3) is 0 Å². The van der Waals surface area contributed by atoms with E-state index in [0.717, 1.165) is 18.4 Å². The zero-order valence-electron chi connectivity index (χ0n) is 12.8. The average molecular weight is 274 g/mol. The minimum absolute atomic E-state index is 0.543. The van der Waals surface area contributed by atoms with Crippen molar-refractivity contribution < 1.29 is 5.11 Å². The van der Waals surface area contributed by atoms with E-state index in [1.165, 1.54) is 24.9 Å². The summed E-state index contributed by atoms with van der Waals surface area (Å²) >= 11 is 0. The van der Waals surface area contributed by atoms with Crippen molar-refractivity contribution in [3.8, 4) is 0 Å². The minimum atomic E-state index is -0.632. The second-order valence-corrected chi connectivity index (χ2v) is 6.79. The number of rotatable bonds is 2. The molecule has 1 aromatic rings. The molecule has 2 heterocycles. The summed E-state index contributed by atoms with van der Waals surface area (Å²) in [6.07, 6.45) is 5.52. The standard InChI is InChI=1S/C17H26N2O/c1-18(2)14-9-7-13(8-10-14)17(20)11-15-5-4-6-16(12-17)19(15)3/h7-10,15-16,20H,4-6,11-12H2,1-3H3. The summed E-state index contributed by atoms with van der Waals surface area (Å²) in [5.74, 6) is 0. The summed E-state index contributed by atoms with van der Waals surface area (Å²) in [5.41, 5.74) is 1.64. The van der Waals surface area contributed by atoms with Gasteiger partial charge in [-0.05, 0) is 50.4 Å². The molecule has 1 N–H and O–H groups in total. The Labute approximate surface area is 122 Å². The fourth-order valence-corrected chi connectivity index (χ4v) is 3.96. The van der Waals surface area contributed by atoms with Crippen molar-refractivity contribution in [2.45, 2.75) is 49.8 Å². The van der Waals surface area contributed by atoms with Gasteiger partial charge in [0.1, 0.15) is 0 Å². The Morgan fingerprint density at radius 2 is 1.65 bits per heavy atom. The van der Waals surface area contributed by atoms with Crippen LogP contribution in [0.5, 0.6) is 0 Å². The Hall–Kier alpha value is -1.06. The van der Waals surface area contributed by atoms with Crippen molar-refractivity contribution in [2.75, 3.05) is 26.0 Å². The second-order valence-electron chi connectivity index (χ2n) is 6.79. The zero-order valence-corrected chi connectivity index (χ0v) is 12.8. The lowest BCUT2D eigenvalue weighted by Crippen LogP contribution is -2.55. The Morgan fingerprint density at radius 3 is 2.15 bits per heavy atom. The highest BCUT2D eigenvalue weighted by Gasteiger charge is 2.44. The topological polar surface area (TPSA) is 26.7 Å². The van der Waals surface area contributed by atoms with Crippen LogP contribution in [-0.2, 0) is 5.60 Å². The predicted molar refractivity (Wildman–Crippen MR) is 83.1 cm³/mol. The van der Waals surface area contributed by atoms with Crippen molar-refractivity contribution in [2.24, 2.45) is 0 Å². The molecule has 3 rings (SSSR count). The van der Waals surface area contributed by atoms with E-state index in [1.807, 2.05) is 14.1 Å². The molecule has 0 saturated carbocycles. The van der Waals surface area contributed by atoms with E-state index in [9.17, 15) is 5.11 Å². The van der Waals surface area contributed by atoms with Gasteiger partial charge in [-0.2, -0.15) is 0 Å². The van der Waals surface area contributed by atoms with Gasteiger partial charge in [0.15, 0.2) is 0 Å². The molecule has 2 unspecified atom stereocenters. The van der Waals surface area contributed by atoms with Gasteiger partial charge < -0.3 is 14.9 Å². The molecule has 110 valence electrons. The molecule has 0 aromatic heterocycles. The lowest BCUT2D eigenvalue weighted by atomic mass is 9.73. The van der Waals surface area contributed by atoms with Crippen molar-refractivity contribution in [1.82, 2.24) is 4.90 Å². The Balaban J connectivity index is 1.85. The third-order valence-electron chi connectivity index (χ3n) is 5.29. The number of anilines is 1. The Bertz CT molecular complexity index is 454. The highest BCUT2D eigenvalue weighted by atomic mass is 16.3. The van der Waals surface area contributed by atoms with Crippen LogP contribution in [0, 0.1) is 0 Å². The average Bonchev–Trinajstić information content (AvgIpc) is 2.41. The maximum Gasteiger partial charge on any atom is 0.0926 e. The monoisotopic (exact) mass is 274 g/mol. The van der Waals surface area contributed by atoms with E-state index >= 15 is 0 Å². The molecule has 3 nitrogen and oxygen atoms in total. The molecular weight excluding hydrogens is 248 g/mol. The lowest BCUT2D eigenvalue weighted by Gasteiger charge is -2.50. The summed E-state index contributed by atoms with van der Waals surface area (Å²) < 4.78 is 0. The van der Waals surface area contributed by atoms with Crippen molar-refractivity contribution in [3.05, 3.63) is 29.8 Å². The van der Waals surface area contributed by atoms with Gasteiger partial charge in [-0.25, -0.2) is 0 Å². The van der Waals surface area contributed by atoms with Crippen LogP contribution >= 0.6 is 0 Å². The number of hydrogen-bond donors (Lipinski definition) is 1. The fourth-order valence-electron chi connectivity index (χ4n) is 3.96. The number of fused-ring (bicyclic) bond motifs is 2. The van der Waals surface area contributed by atoms with E-state index < -0.39 is 5.60 Å². The summed E-state index contributed by atoms with van der Waals surface area (Å²) in [6.45, 7) is 0. The van der Waals surface area contributed by atoms with Crippen LogP contribution in [0.15, 0.2) is 24.3 Å². The molecule has 0 radical (unpaired) electrons. The molecule has 2 fully saturated rings. The first-order valence-electron chi connectivity index (χ1n) is 7.72. The summed E-state index contributed by atoms with van der Waals surface area (Å²) in [6, 6.07) is 9.53. The lowest BCUT2D eigenvalue weighted by molar-refractivity contribution is -0.0874. The largest absolute Gasteiger partial charge is 0.385 e. The summed E-state index contributed by atoms with van der Waals surface area (Å²) in [7, 11) is 6.32. The van der Waals surface area contributed by atoms with Gasteiger partial charge in [-0.15, -0.1) is 0 Å². The number of hydrogen-bond acceptors (Lipinski definition) is 3. The van der Waals surface area contributed by atoms with E-state index in [1.54, 1.807) is 0 Å². The second kappa shape index (κ2) is 5.05.